The molecule has 0 bridgehead atoms. The van der Waals surface area contributed by atoms with Gasteiger partial charge < -0.3 is 19.7 Å². The molecule has 1 N–H and O–H groups in total. The summed E-state index contributed by atoms with van der Waals surface area (Å²) in [6.07, 6.45) is 5.16. The van der Waals surface area contributed by atoms with Crippen LogP contribution in [0.1, 0.15) is 44.9 Å². The van der Waals surface area contributed by atoms with E-state index in [1.807, 2.05) is 88.4 Å². The van der Waals surface area contributed by atoms with Crippen molar-refractivity contribution in [2.45, 2.75) is 45.8 Å². The first-order valence-electron chi connectivity index (χ1n) is 11.6. The first kappa shape index (κ1) is 25.2. The van der Waals surface area contributed by atoms with Gasteiger partial charge in [-0.1, -0.05) is 66.6 Å². The van der Waals surface area contributed by atoms with Crippen molar-refractivity contribution in [2.24, 2.45) is 11.3 Å². The van der Waals surface area contributed by atoms with Crippen molar-refractivity contribution in [3.05, 3.63) is 71.8 Å². The number of nitrogens with one attached hydrogen (secondary N) is 1. The van der Waals surface area contributed by atoms with Crippen LogP contribution in [0.15, 0.2) is 60.7 Å². The molecule has 3 rings (SSSR count). The van der Waals surface area contributed by atoms with Crippen LogP contribution in [0.5, 0.6) is 0 Å². The minimum atomic E-state index is -0.601. The summed E-state index contributed by atoms with van der Waals surface area (Å²) in [4.78, 5) is 26.6. The molecule has 1 aliphatic rings. The third-order valence-corrected chi connectivity index (χ3v) is 6.05. The molecule has 6 heteroatoms. The van der Waals surface area contributed by atoms with Crippen LogP contribution >= 0.6 is 0 Å². The number of hydrogen-bond acceptors (Lipinski definition) is 4. The van der Waals surface area contributed by atoms with Gasteiger partial charge in [0.15, 0.2) is 0 Å². The van der Waals surface area contributed by atoms with Crippen LogP contribution in [0, 0.1) is 23.7 Å². The second kappa shape index (κ2) is 10.6. The van der Waals surface area contributed by atoms with Gasteiger partial charge in [0.2, 0.25) is 0 Å². The Morgan fingerprint density at radius 2 is 1.65 bits per heavy atom. The average Bonchev–Trinajstić information content (AvgIpc) is 2.76. The normalized spacial score (nSPS) is 16.4. The van der Waals surface area contributed by atoms with E-state index in [0.717, 1.165) is 11.1 Å². The summed E-state index contributed by atoms with van der Waals surface area (Å²) >= 11 is 0. The third kappa shape index (κ3) is 6.77. The second-order valence-electron chi connectivity index (χ2n) is 9.99. The maximum atomic E-state index is 12.9. The fourth-order valence-electron chi connectivity index (χ4n) is 3.83. The quantitative estimate of drug-likeness (QED) is 0.574. The van der Waals surface area contributed by atoms with E-state index >= 15 is 0 Å². The molecule has 2 atom stereocenters. The molecule has 2 aromatic rings. The molecule has 0 radical (unpaired) electrons. The van der Waals surface area contributed by atoms with Gasteiger partial charge in [-0.25, -0.2) is 9.59 Å². The lowest BCUT2D eigenvalue weighted by Crippen LogP contribution is -2.58. The van der Waals surface area contributed by atoms with Crippen molar-refractivity contribution in [1.82, 2.24) is 10.2 Å². The van der Waals surface area contributed by atoms with Crippen LogP contribution in [0.2, 0.25) is 0 Å². The predicted octanol–water partition coefficient (Wildman–Crippen LogP) is 5.20. The Kier molecular flexibility index (Phi) is 7.88. The SMILES string of the molecule is C#CC(C)(CNC(=O)OC(C)(C)C)C1CN(C(=O)OC(Cc2ccccc2)c2ccccc2)C1. The number of benzene rings is 2. The molecule has 180 valence electrons. The van der Waals surface area contributed by atoms with E-state index in [9.17, 15) is 9.59 Å². The zero-order chi connectivity index (χ0) is 24.8. The zero-order valence-electron chi connectivity index (χ0n) is 20.4. The largest absolute Gasteiger partial charge is 0.444 e. The summed E-state index contributed by atoms with van der Waals surface area (Å²) in [5.41, 5.74) is 0.866. The minimum absolute atomic E-state index is 0.0456. The van der Waals surface area contributed by atoms with Crippen molar-refractivity contribution >= 4 is 12.2 Å². The number of carbonyl (C=O) groups is 2. The number of ether oxygens (including phenoxy) is 2. The molecule has 0 aliphatic carbocycles. The number of alkyl carbamates (subject to hydrolysis) is 1. The first-order valence-corrected chi connectivity index (χ1v) is 11.6. The highest BCUT2D eigenvalue weighted by Crippen LogP contribution is 2.35. The van der Waals surface area contributed by atoms with Gasteiger partial charge in [-0.05, 0) is 38.8 Å². The van der Waals surface area contributed by atoms with Gasteiger partial charge >= 0.3 is 12.2 Å². The van der Waals surface area contributed by atoms with Gasteiger partial charge in [-0.2, -0.15) is 0 Å². The molecule has 0 spiro atoms. The zero-order valence-corrected chi connectivity index (χ0v) is 20.4. The second-order valence-corrected chi connectivity index (χ2v) is 9.99. The molecule has 2 aromatic carbocycles. The van der Waals surface area contributed by atoms with Gasteiger partial charge in [0.25, 0.3) is 0 Å². The van der Waals surface area contributed by atoms with Crippen molar-refractivity contribution < 1.29 is 19.1 Å². The third-order valence-electron chi connectivity index (χ3n) is 6.05. The highest BCUT2D eigenvalue weighted by Gasteiger charge is 2.44. The van der Waals surface area contributed by atoms with Crippen LogP contribution in [0.3, 0.4) is 0 Å². The lowest BCUT2D eigenvalue weighted by Gasteiger charge is -2.46. The van der Waals surface area contributed by atoms with Gasteiger partial charge in [0.05, 0.1) is 5.41 Å². The maximum absolute atomic E-state index is 12.9. The van der Waals surface area contributed by atoms with E-state index in [0.29, 0.717) is 19.5 Å². The Labute approximate surface area is 202 Å². The Morgan fingerprint density at radius 3 is 2.21 bits per heavy atom. The number of hydrogen-bond donors (Lipinski definition) is 1. The number of likely N-dealkylation sites (tertiary alicyclic amines) is 1. The van der Waals surface area contributed by atoms with Crippen LogP contribution in [-0.2, 0) is 15.9 Å². The molecular formula is C28H34N2O4. The molecular weight excluding hydrogens is 428 g/mol. The van der Waals surface area contributed by atoms with Gasteiger partial charge in [0, 0.05) is 32.0 Å². The number of carbonyl (C=O) groups excluding carboxylic acids is 2. The van der Waals surface area contributed by atoms with Crippen molar-refractivity contribution in [1.29, 1.82) is 0 Å². The summed E-state index contributed by atoms with van der Waals surface area (Å²) in [7, 11) is 0. The van der Waals surface area contributed by atoms with E-state index in [1.165, 1.54) is 0 Å². The summed E-state index contributed by atoms with van der Waals surface area (Å²) in [5.74, 6) is 2.85. The van der Waals surface area contributed by atoms with Crippen LogP contribution in [0.25, 0.3) is 0 Å². The van der Waals surface area contributed by atoms with E-state index < -0.39 is 17.1 Å². The topological polar surface area (TPSA) is 67.9 Å². The number of terminal acetylenes is 1. The predicted molar refractivity (Wildman–Crippen MR) is 132 cm³/mol. The molecule has 34 heavy (non-hydrogen) atoms. The minimum Gasteiger partial charge on any atom is -0.444 e. The smallest absolute Gasteiger partial charge is 0.410 e. The first-order chi connectivity index (χ1) is 16.1. The number of amides is 2. The molecule has 0 saturated carbocycles. The summed E-state index contributed by atoms with van der Waals surface area (Å²) in [6, 6.07) is 19.7. The van der Waals surface area contributed by atoms with E-state index in [1.54, 1.807) is 4.90 Å². The maximum Gasteiger partial charge on any atom is 0.410 e. The molecule has 2 amide bonds. The Morgan fingerprint density at radius 1 is 1.06 bits per heavy atom. The summed E-state index contributed by atoms with van der Waals surface area (Å²) < 4.78 is 11.2. The molecule has 6 nitrogen and oxygen atoms in total. The van der Waals surface area contributed by atoms with Gasteiger partial charge in [-0.15, -0.1) is 6.42 Å². The Bertz CT molecular complexity index is 1000. The van der Waals surface area contributed by atoms with E-state index in [4.69, 9.17) is 15.9 Å². The standard InChI is InChI=1S/C28H34N2O4/c1-6-28(5,20-29-25(31)34-27(2,3)4)23-18-30(19-23)26(32)33-24(22-15-11-8-12-16-22)17-21-13-9-7-10-14-21/h1,7-16,23-24H,17-20H2,2-5H3,(H,29,31). The fraction of sp³-hybridized carbons (Fsp3) is 0.429. The number of rotatable bonds is 7. The van der Waals surface area contributed by atoms with Gasteiger partial charge in [-0.3, -0.25) is 0 Å². The van der Waals surface area contributed by atoms with Crippen LogP contribution in [0.4, 0.5) is 9.59 Å². The molecule has 1 saturated heterocycles. The lowest BCUT2D eigenvalue weighted by atomic mass is 9.73. The van der Waals surface area contributed by atoms with E-state index in [-0.39, 0.29) is 24.7 Å². The molecule has 1 aliphatic heterocycles. The summed E-state index contributed by atoms with van der Waals surface area (Å²) in [5, 5.41) is 2.77. The molecule has 0 aromatic heterocycles. The highest BCUT2D eigenvalue weighted by atomic mass is 16.6. The average molecular weight is 463 g/mol. The monoisotopic (exact) mass is 462 g/mol. The Balaban J connectivity index is 1.58. The van der Waals surface area contributed by atoms with Crippen LogP contribution in [-0.4, -0.2) is 42.3 Å². The molecule has 1 fully saturated rings. The summed E-state index contributed by atoms with van der Waals surface area (Å²) in [6.45, 7) is 8.56. The molecule has 1 heterocycles. The number of nitrogens with zero attached hydrogens (tertiary/aromatic N) is 1. The van der Waals surface area contributed by atoms with Crippen LogP contribution < -0.4 is 5.32 Å². The van der Waals surface area contributed by atoms with Gasteiger partial charge in [0.1, 0.15) is 11.7 Å². The lowest BCUT2D eigenvalue weighted by molar-refractivity contribution is 0.000804. The van der Waals surface area contributed by atoms with Crippen molar-refractivity contribution in [3.8, 4) is 12.3 Å². The van der Waals surface area contributed by atoms with Crippen molar-refractivity contribution in [3.63, 3.8) is 0 Å². The highest BCUT2D eigenvalue weighted by molar-refractivity contribution is 5.69. The Hall–Kier alpha value is -3.46. The molecule has 2 unspecified atom stereocenters. The fourth-order valence-corrected chi connectivity index (χ4v) is 3.83. The van der Waals surface area contributed by atoms with Crippen molar-refractivity contribution in [2.75, 3.05) is 19.6 Å². The van der Waals surface area contributed by atoms with E-state index in [2.05, 4.69) is 11.2 Å².